The predicted octanol–water partition coefficient (Wildman–Crippen LogP) is 2.67. The van der Waals surface area contributed by atoms with E-state index in [4.69, 9.17) is 4.42 Å². The van der Waals surface area contributed by atoms with Crippen molar-refractivity contribution in [1.82, 2.24) is 10.2 Å². The molecule has 0 N–H and O–H groups in total. The zero-order valence-electron chi connectivity index (χ0n) is 11.2. The molecule has 0 bridgehead atoms. The second-order valence-electron chi connectivity index (χ2n) is 4.41. The number of nitrogens with zero attached hydrogens (tertiary/aromatic N) is 3. The molecule has 0 atom stereocenters. The van der Waals surface area contributed by atoms with E-state index in [0.717, 1.165) is 0 Å². The molecule has 0 aliphatic rings. The van der Waals surface area contributed by atoms with Crippen LogP contribution in [0.1, 0.15) is 0 Å². The first-order chi connectivity index (χ1) is 10.6. The van der Waals surface area contributed by atoms with E-state index in [1.165, 1.54) is 24.3 Å². The highest BCUT2D eigenvalue weighted by Crippen LogP contribution is 2.20. The Labute approximate surface area is 124 Å². The summed E-state index contributed by atoms with van der Waals surface area (Å²) in [6.45, 7) is 0. The van der Waals surface area contributed by atoms with Crippen LogP contribution in [0.25, 0.3) is 22.7 Å². The van der Waals surface area contributed by atoms with Gasteiger partial charge in [-0.25, -0.2) is 4.79 Å². The van der Waals surface area contributed by atoms with Crippen LogP contribution in [0.5, 0.6) is 0 Å². The molecule has 0 radical (unpaired) electrons. The fraction of sp³-hybridized carbons (Fsp3) is 0. The van der Waals surface area contributed by atoms with E-state index in [1.807, 2.05) is 6.07 Å². The molecular formula is C15H9N3O4. The number of aromatic nitrogens is 2. The summed E-state index contributed by atoms with van der Waals surface area (Å²) >= 11 is 0. The Kier molecular flexibility index (Phi) is 3.45. The van der Waals surface area contributed by atoms with E-state index in [0.29, 0.717) is 11.1 Å². The van der Waals surface area contributed by atoms with Gasteiger partial charge in [-0.15, -0.1) is 10.2 Å². The first kappa shape index (κ1) is 13.6. The summed E-state index contributed by atoms with van der Waals surface area (Å²) in [5.41, 5.74) is 0.495. The third kappa shape index (κ3) is 2.59. The summed E-state index contributed by atoms with van der Waals surface area (Å²) in [6.07, 6.45) is 0. The third-order valence-corrected chi connectivity index (χ3v) is 3.00. The second kappa shape index (κ2) is 5.57. The summed E-state index contributed by atoms with van der Waals surface area (Å²) < 4.78 is 5.15. The fourth-order valence-corrected chi connectivity index (χ4v) is 1.91. The van der Waals surface area contributed by atoms with E-state index in [2.05, 4.69) is 10.2 Å². The number of hydrogen-bond donors (Lipinski definition) is 0. The molecule has 0 amide bonds. The van der Waals surface area contributed by atoms with Gasteiger partial charge in [0.25, 0.3) is 5.69 Å². The fourth-order valence-electron chi connectivity index (χ4n) is 1.91. The zero-order chi connectivity index (χ0) is 15.5. The molecule has 0 unspecified atom stereocenters. The molecule has 108 valence electrons. The van der Waals surface area contributed by atoms with Crippen molar-refractivity contribution in [2.24, 2.45) is 0 Å². The molecule has 1 aromatic heterocycles. The van der Waals surface area contributed by atoms with Crippen molar-refractivity contribution in [3.8, 4) is 22.7 Å². The van der Waals surface area contributed by atoms with Crippen LogP contribution >= 0.6 is 0 Å². The SMILES string of the molecule is O=c1oc(-c2ccc([N+](=O)[O-])cc2)nnc1-c1ccccc1. The van der Waals surface area contributed by atoms with Crippen molar-refractivity contribution in [1.29, 1.82) is 0 Å². The number of rotatable bonds is 3. The Bertz CT molecular complexity index is 873. The molecule has 0 saturated carbocycles. The van der Waals surface area contributed by atoms with Crippen molar-refractivity contribution in [2.45, 2.75) is 0 Å². The average Bonchev–Trinajstić information content (AvgIpc) is 2.55. The van der Waals surface area contributed by atoms with E-state index < -0.39 is 10.5 Å². The summed E-state index contributed by atoms with van der Waals surface area (Å²) in [5.74, 6) is 0.0135. The molecule has 0 spiro atoms. The van der Waals surface area contributed by atoms with Crippen LogP contribution in [0.15, 0.2) is 63.8 Å². The monoisotopic (exact) mass is 295 g/mol. The van der Waals surface area contributed by atoms with Crippen LogP contribution in [-0.2, 0) is 0 Å². The van der Waals surface area contributed by atoms with Crippen LogP contribution < -0.4 is 5.63 Å². The third-order valence-electron chi connectivity index (χ3n) is 3.00. The summed E-state index contributed by atoms with van der Waals surface area (Å²) in [5, 5.41) is 18.4. The Morgan fingerprint density at radius 2 is 1.59 bits per heavy atom. The van der Waals surface area contributed by atoms with E-state index in [1.54, 1.807) is 24.3 Å². The summed E-state index contributed by atoms with van der Waals surface area (Å²) in [6, 6.07) is 14.4. The van der Waals surface area contributed by atoms with Gasteiger partial charge in [0.1, 0.15) is 0 Å². The molecule has 0 fully saturated rings. The topological polar surface area (TPSA) is 99.1 Å². The van der Waals surface area contributed by atoms with Gasteiger partial charge in [0, 0.05) is 23.3 Å². The smallest absolute Gasteiger partial charge is 0.366 e. The Hall–Kier alpha value is -3.35. The molecule has 0 aliphatic heterocycles. The lowest BCUT2D eigenvalue weighted by molar-refractivity contribution is -0.384. The minimum atomic E-state index is -0.616. The highest BCUT2D eigenvalue weighted by Gasteiger charge is 2.12. The molecule has 0 saturated heterocycles. The van der Waals surface area contributed by atoms with E-state index in [-0.39, 0.29) is 17.3 Å². The molecule has 3 rings (SSSR count). The molecule has 22 heavy (non-hydrogen) atoms. The van der Waals surface area contributed by atoms with Gasteiger partial charge in [-0.05, 0) is 12.1 Å². The van der Waals surface area contributed by atoms with Crippen molar-refractivity contribution in [3.05, 3.63) is 75.1 Å². The molecule has 2 aromatic carbocycles. The maximum Gasteiger partial charge on any atom is 0.366 e. The summed E-state index contributed by atoms with van der Waals surface area (Å²) in [4.78, 5) is 22.1. The normalized spacial score (nSPS) is 10.4. The number of non-ortho nitro benzene ring substituents is 1. The Morgan fingerprint density at radius 3 is 2.18 bits per heavy atom. The second-order valence-corrected chi connectivity index (χ2v) is 4.41. The number of nitro benzene ring substituents is 1. The molecule has 1 heterocycles. The first-order valence-electron chi connectivity index (χ1n) is 6.33. The Balaban J connectivity index is 1.98. The van der Waals surface area contributed by atoms with Crippen molar-refractivity contribution in [2.75, 3.05) is 0 Å². The standard InChI is InChI=1S/C15H9N3O4/c19-15-13(10-4-2-1-3-5-10)16-17-14(22-15)11-6-8-12(9-7-11)18(20)21/h1-9H. The van der Waals surface area contributed by atoms with Crippen LogP contribution in [0.2, 0.25) is 0 Å². The maximum absolute atomic E-state index is 12.0. The molecule has 7 nitrogen and oxygen atoms in total. The van der Waals surface area contributed by atoms with Crippen LogP contribution in [-0.4, -0.2) is 15.1 Å². The van der Waals surface area contributed by atoms with Crippen LogP contribution in [0.4, 0.5) is 5.69 Å². The van der Waals surface area contributed by atoms with E-state index in [9.17, 15) is 14.9 Å². The predicted molar refractivity (Wildman–Crippen MR) is 78.1 cm³/mol. The first-order valence-corrected chi connectivity index (χ1v) is 6.33. The quantitative estimate of drug-likeness (QED) is 0.544. The average molecular weight is 295 g/mol. The number of nitro groups is 1. The van der Waals surface area contributed by atoms with Crippen LogP contribution in [0, 0.1) is 10.1 Å². The molecule has 7 heteroatoms. The van der Waals surface area contributed by atoms with Crippen molar-refractivity contribution < 1.29 is 9.34 Å². The highest BCUT2D eigenvalue weighted by molar-refractivity contribution is 5.59. The van der Waals surface area contributed by atoms with Gasteiger partial charge in [0.05, 0.1) is 4.92 Å². The van der Waals surface area contributed by atoms with Gasteiger partial charge >= 0.3 is 5.63 Å². The van der Waals surface area contributed by atoms with Crippen LogP contribution in [0.3, 0.4) is 0 Å². The van der Waals surface area contributed by atoms with Gasteiger partial charge < -0.3 is 4.42 Å². The number of benzene rings is 2. The van der Waals surface area contributed by atoms with Gasteiger partial charge in [-0.3, -0.25) is 10.1 Å². The van der Waals surface area contributed by atoms with Gasteiger partial charge in [-0.2, -0.15) is 0 Å². The van der Waals surface area contributed by atoms with Gasteiger partial charge in [-0.1, -0.05) is 30.3 Å². The lowest BCUT2D eigenvalue weighted by Crippen LogP contribution is -2.08. The largest absolute Gasteiger partial charge is 0.400 e. The maximum atomic E-state index is 12.0. The number of hydrogen-bond acceptors (Lipinski definition) is 6. The highest BCUT2D eigenvalue weighted by atomic mass is 16.6. The van der Waals surface area contributed by atoms with Crippen molar-refractivity contribution >= 4 is 5.69 Å². The lowest BCUT2D eigenvalue weighted by Gasteiger charge is -2.00. The van der Waals surface area contributed by atoms with Gasteiger partial charge in [0.2, 0.25) is 5.89 Å². The molecule has 3 aromatic rings. The lowest BCUT2D eigenvalue weighted by atomic mass is 10.2. The minimum Gasteiger partial charge on any atom is -0.400 e. The summed E-state index contributed by atoms with van der Waals surface area (Å²) in [7, 11) is 0. The van der Waals surface area contributed by atoms with Crippen molar-refractivity contribution in [3.63, 3.8) is 0 Å². The Morgan fingerprint density at radius 1 is 0.909 bits per heavy atom. The zero-order valence-corrected chi connectivity index (χ0v) is 11.2. The minimum absolute atomic E-state index is 0.0135. The van der Waals surface area contributed by atoms with Gasteiger partial charge in [0.15, 0.2) is 5.69 Å². The van der Waals surface area contributed by atoms with E-state index >= 15 is 0 Å². The molecular weight excluding hydrogens is 286 g/mol. The molecule has 0 aliphatic carbocycles.